The van der Waals surface area contributed by atoms with Gasteiger partial charge in [-0.25, -0.2) is 0 Å². The number of pyridine rings is 1. The van der Waals surface area contributed by atoms with Crippen molar-refractivity contribution >= 4 is 45.6 Å². The summed E-state index contributed by atoms with van der Waals surface area (Å²) in [6.07, 6.45) is 19.7. The Kier molecular flexibility index (Phi) is 12.4. The van der Waals surface area contributed by atoms with Crippen LogP contribution in [0, 0.1) is 5.92 Å². The van der Waals surface area contributed by atoms with Crippen molar-refractivity contribution in [1.29, 1.82) is 0 Å². The van der Waals surface area contributed by atoms with Gasteiger partial charge >= 0.3 is 0 Å². The first-order valence-electron chi connectivity index (χ1n) is 11.9. The maximum absolute atomic E-state index is 5.98. The zero-order chi connectivity index (χ0) is 21.6. The van der Waals surface area contributed by atoms with E-state index in [9.17, 15) is 0 Å². The van der Waals surface area contributed by atoms with Crippen molar-refractivity contribution in [3.63, 3.8) is 0 Å². The zero-order valence-corrected chi connectivity index (χ0v) is 20.8. The Bertz CT molecular complexity index is 760. The largest absolute Gasteiger partial charge is 0.348 e. The molecule has 0 unspecified atom stereocenters. The lowest BCUT2D eigenvalue weighted by Crippen LogP contribution is -2.21. The molecule has 0 spiro atoms. The van der Waals surface area contributed by atoms with Gasteiger partial charge in [-0.05, 0) is 43.4 Å². The third kappa shape index (κ3) is 8.19. The van der Waals surface area contributed by atoms with E-state index in [1.807, 2.05) is 12.3 Å². The molecular weight excluding hydrogens is 404 g/mol. The van der Waals surface area contributed by atoms with Crippen molar-refractivity contribution < 1.29 is 0 Å². The Balaban J connectivity index is 2.06. The minimum atomic E-state index is 0.477. The van der Waals surface area contributed by atoms with Crippen LogP contribution in [0.4, 0.5) is 5.69 Å². The second-order valence-corrected chi connectivity index (χ2v) is 9.59. The molecule has 2 aromatic rings. The summed E-state index contributed by atoms with van der Waals surface area (Å²) in [6.45, 7) is 4.56. The van der Waals surface area contributed by atoms with E-state index < -0.39 is 0 Å². The summed E-state index contributed by atoms with van der Waals surface area (Å²) >= 11 is 7.75. The van der Waals surface area contributed by atoms with Crippen LogP contribution in [0.5, 0.6) is 0 Å². The average Bonchev–Trinajstić information content (AvgIpc) is 2.77. The number of hydrogen-bond acceptors (Lipinski definition) is 3. The number of nitrogens with zero attached hydrogens (tertiary/aromatic N) is 1. The Morgan fingerprint density at radius 2 is 1.57 bits per heavy atom. The van der Waals surface area contributed by atoms with Gasteiger partial charge in [-0.15, -0.1) is 11.8 Å². The topological polar surface area (TPSA) is 24.9 Å². The average molecular weight is 445 g/mol. The van der Waals surface area contributed by atoms with Crippen LogP contribution in [0.1, 0.15) is 90.9 Å². The molecule has 1 heterocycles. The lowest BCUT2D eigenvalue weighted by molar-refractivity contribution is 0.491. The van der Waals surface area contributed by atoms with E-state index in [4.69, 9.17) is 12.2 Å². The fourth-order valence-corrected chi connectivity index (χ4v) is 4.96. The molecular formula is C26H40N2S2. The van der Waals surface area contributed by atoms with E-state index in [2.05, 4.69) is 48.6 Å². The molecule has 2 nitrogen and oxygen atoms in total. The van der Waals surface area contributed by atoms with Crippen LogP contribution in [-0.4, -0.2) is 16.2 Å². The van der Waals surface area contributed by atoms with Crippen LogP contribution in [-0.2, 0) is 0 Å². The summed E-state index contributed by atoms with van der Waals surface area (Å²) in [7, 11) is 0. The molecule has 0 aliphatic rings. The quantitative estimate of drug-likeness (QED) is 0.168. The van der Waals surface area contributed by atoms with Crippen LogP contribution in [0.2, 0.25) is 0 Å². The molecule has 0 saturated heterocycles. The molecule has 166 valence electrons. The predicted octanol–water partition coefficient (Wildman–Crippen LogP) is 9.03. The smallest absolute Gasteiger partial charge is 0.0829 e. The van der Waals surface area contributed by atoms with Gasteiger partial charge in [0.25, 0.3) is 0 Å². The standard InChI is InChI=1S/C26H40N2S2/c1-4-6-8-10-11-13-16-21(15-12-9-7-5-2)26(29)28-25-22-17-14-20-27-23(22)18-19-24(25)30-3/h14,17-21H,4-13,15-16H2,1-3H3,(H,28,29)/t21-/m0/s1. The predicted molar refractivity (Wildman–Crippen MR) is 140 cm³/mol. The number of thioether (sulfide) groups is 1. The molecule has 1 atom stereocenters. The summed E-state index contributed by atoms with van der Waals surface area (Å²) < 4.78 is 0. The first-order chi connectivity index (χ1) is 14.7. The van der Waals surface area contributed by atoms with Crippen molar-refractivity contribution in [1.82, 2.24) is 4.98 Å². The van der Waals surface area contributed by atoms with Crippen LogP contribution in [0.15, 0.2) is 35.4 Å². The zero-order valence-electron chi connectivity index (χ0n) is 19.2. The van der Waals surface area contributed by atoms with Gasteiger partial charge in [0.15, 0.2) is 0 Å². The minimum absolute atomic E-state index is 0.477. The number of fused-ring (bicyclic) bond motifs is 1. The molecule has 1 N–H and O–H groups in total. The number of rotatable bonds is 15. The molecule has 30 heavy (non-hydrogen) atoms. The lowest BCUT2D eigenvalue weighted by atomic mass is 9.94. The van der Waals surface area contributed by atoms with Gasteiger partial charge in [-0.3, -0.25) is 4.98 Å². The molecule has 2 rings (SSSR count). The van der Waals surface area contributed by atoms with Gasteiger partial charge in [0, 0.05) is 22.4 Å². The number of nitrogens with one attached hydrogen (secondary N) is 1. The van der Waals surface area contributed by atoms with Crippen LogP contribution >= 0.6 is 24.0 Å². The number of aromatic nitrogens is 1. The number of benzene rings is 1. The van der Waals surface area contributed by atoms with E-state index in [0.29, 0.717) is 5.92 Å². The van der Waals surface area contributed by atoms with Gasteiger partial charge in [0.1, 0.15) is 0 Å². The molecule has 0 saturated carbocycles. The SMILES string of the molecule is CCCCCCCC[C@H](CCCCCC)C(=S)Nc1c(SC)ccc2ncccc12. The number of hydrogen-bond donors (Lipinski definition) is 1. The van der Waals surface area contributed by atoms with Crippen molar-refractivity contribution in [3.8, 4) is 0 Å². The Morgan fingerprint density at radius 1 is 0.933 bits per heavy atom. The monoisotopic (exact) mass is 444 g/mol. The van der Waals surface area contributed by atoms with E-state index >= 15 is 0 Å². The van der Waals surface area contributed by atoms with Gasteiger partial charge in [-0.2, -0.15) is 0 Å². The summed E-state index contributed by atoms with van der Waals surface area (Å²) in [4.78, 5) is 6.79. The second-order valence-electron chi connectivity index (χ2n) is 8.30. The number of thiocarbonyl (C=S) groups is 1. The number of anilines is 1. The Morgan fingerprint density at radius 3 is 2.23 bits per heavy atom. The van der Waals surface area contributed by atoms with Gasteiger partial charge in [0.05, 0.1) is 16.2 Å². The van der Waals surface area contributed by atoms with Gasteiger partial charge in [0.2, 0.25) is 0 Å². The summed E-state index contributed by atoms with van der Waals surface area (Å²) in [5, 5.41) is 4.84. The fraction of sp³-hybridized carbons (Fsp3) is 0.615. The molecule has 0 radical (unpaired) electrons. The van der Waals surface area contributed by atoms with E-state index in [0.717, 1.165) is 21.6 Å². The van der Waals surface area contributed by atoms with Gasteiger partial charge in [-0.1, -0.05) is 90.3 Å². The third-order valence-corrected chi connectivity index (χ3v) is 7.11. The molecule has 0 aliphatic heterocycles. The Hall–Kier alpha value is -1.13. The van der Waals surface area contributed by atoms with Crippen molar-refractivity contribution in [2.75, 3.05) is 11.6 Å². The molecule has 4 heteroatoms. The van der Waals surface area contributed by atoms with Gasteiger partial charge < -0.3 is 5.32 Å². The second kappa shape index (κ2) is 14.8. The Labute approximate surface area is 194 Å². The van der Waals surface area contributed by atoms with Crippen LogP contribution in [0.3, 0.4) is 0 Å². The summed E-state index contributed by atoms with van der Waals surface area (Å²) in [6, 6.07) is 8.43. The van der Waals surface area contributed by atoms with Crippen molar-refractivity contribution in [2.24, 2.45) is 5.92 Å². The lowest BCUT2D eigenvalue weighted by Gasteiger charge is -2.22. The molecule has 1 aromatic carbocycles. The summed E-state index contributed by atoms with van der Waals surface area (Å²) in [5.41, 5.74) is 2.16. The van der Waals surface area contributed by atoms with Crippen LogP contribution in [0.25, 0.3) is 10.9 Å². The summed E-state index contributed by atoms with van der Waals surface area (Å²) in [5.74, 6) is 0.477. The normalized spacial score (nSPS) is 12.2. The highest BCUT2D eigenvalue weighted by Crippen LogP contribution is 2.33. The highest BCUT2D eigenvalue weighted by atomic mass is 32.2. The minimum Gasteiger partial charge on any atom is -0.348 e. The molecule has 0 aliphatic carbocycles. The molecule has 0 amide bonds. The highest BCUT2D eigenvalue weighted by Gasteiger charge is 2.17. The third-order valence-electron chi connectivity index (χ3n) is 5.90. The molecule has 1 aromatic heterocycles. The molecule has 0 fully saturated rings. The van der Waals surface area contributed by atoms with Crippen LogP contribution < -0.4 is 5.32 Å². The van der Waals surface area contributed by atoms with E-state index in [1.165, 1.54) is 81.9 Å². The first-order valence-corrected chi connectivity index (χ1v) is 13.6. The number of unbranched alkanes of at least 4 members (excludes halogenated alkanes) is 8. The maximum Gasteiger partial charge on any atom is 0.0829 e. The van der Waals surface area contributed by atoms with Crippen molar-refractivity contribution in [2.45, 2.75) is 95.8 Å². The molecule has 0 bridgehead atoms. The van der Waals surface area contributed by atoms with Crippen molar-refractivity contribution in [3.05, 3.63) is 30.5 Å². The van der Waals surface area contributed by atoms with E-state index in [1.54, 1.807) is 11.8 Å². The maximum atomic E-state index is 5.98. The highest BCUT2D eigenvalue weighted by molar-refractivity contribution is 7.98. The first kappa shape index (κ1) is 25.1. The fourth-order valence-electron chi connectivity index (χ4n) is 4.05. The van der Waals surface area contributed by atoms with E-state index in [-0.39, 0.29) is 0 Å².